The average Bonchev–Trinajstić information content (AvgIpc) is 2.79. The molecule has 0 spiro atoms. The average molecular weight is 520 g/mol. The summed E-state index contributed by atoms with van der Waals surface area (Å²) in [7, 11) is 3.02. The quantitative estimate of drug-likeness (QED) is 0.287. The van der Waals surface area contributed by atoms with Gasteiger partial charge in [-0.05, 0) is 52.3 Å². The van der Waals surface area contributed by atoms with E-state index in [0.717, 1.165) is 0 Å². The van der Waals surface area contributed by atoms with E-state index in [1.165, 1.54) is 26.4 Å². The molecule has 0 aliphatic carbocycles. The molecule has 4 rings (SSSR count). The Balaban J connectivity index is 1.91. The van der Waals surface area contributed by atoms with Crippen LogP contribution in [0.5, 0.6) is 17.2 Å². The predicted octanol–water partition coefficient (Wildman–Crippen LogP) is 6.61. The van der Waals surface area contributed by atoms with Crippen molar-refractivity contribution in [1.29, 1.82) is 0 Å². The van der Waals surface area contributed by atoms with Gasteiger partial charge < -0.3 is 18.6 Å². The van der Waals surface area contributed by atoms with Crippen molar-refractivity contribution in [3.05, 3.63) is 85.7 Å². The highest BCUT2D eigenvalue weighted by Gasteiger charge is 2.21. The molecule has 5 nitrogen and oxygen atoms in total. The first-order valence-electron chi connectivity index (χ1n) is 9.48. The molecule has 0 saturated carbocycles. The van der Waals surface area contributed by atoms with E-state index in [9.17, 15) is 9.18 Å². The van der Waals surface area contributed by atoms with E-state index < -0.39 is 5.82 Å². The number of hydrogen-bond acceptors (Lipinski definition) is 5. The SMILES string of the molecule is COc1cc(-c2oc3ccccc3c(=O)c2OCc2c(F)cccc2Cl)cc(Br)c1OC. The molecule has 0 atom stereocenters. The lowest BCUT2D eigenvalue weighted by molar-refractivity contribution is 0.292. The van der Waals surface area contributed by atoms with Gasteiger partial charge in [-0.15, -0.1) is 0 Å². The first-order chi connectivity index (χ1) is 15.4. The minimum Gasteiger partial charge on any atom is -0.493 e. The second-order valence-electron chi connectivity index (χ2n) is 6.77. The Morgan fingerprint density at radius 2 is 1.81 bits per heavy atom. The van der Waals surface area contributed by atoms with Crippen molar-refractivity contribution < 1.29 is 23.0 Å². The van der Waals surface area contributed by atoms with Crippen LogP contribution in [0.25, 0.3) is 22.3 Å². The molecule has 1 aromatic heterocycles. The predicted molar refractivity (Wildman–Crippen MR) is 124 cm³/mol. The molecule has 0 radical (unpaired) electrons. The van der Waals surface area contributed by atoms with Gasteiger partial charge in [0.15, 0.2) is 17.3 Å². The van der Waals surface area contributed by atoms with Gasteiger partial charge in [0.1, 0.15) is 18.0 Å². The fourth-order valence-electron chi connectivity index (χ4n) is 3.31. The van der Waals surface area contributed by atoms with Crippen molar-refractivity contribution in [3.63, 3.8) is 0 Å². The molecule has 0 unspecified atom stereocenters. The van der Waals surface area contributed by atoms with Gasteiger partial charge >= 0.3 is 0 Å². The van der Waals surface area contributed by atoms with Gasteiger partial charge in [-0.3, -0.25) is 4.79 Å². The van der Waals surface area contributed by atoms with E-state index >= 15 is 0 Å². The molecule has 0 N–H and O–H groups in total. The van der Waals surface area contributed by atoms with Gasteiger partial charge in [0.2, 0.25) is 11.2 Å². The van der Waals surface area contributed by atoms with Crippen LogP contribution in [0.15, 0.2) is 68.3 Å². The standard InChI is InChI=1S/C24H17BrClFO5/c1-29-20-11-13(10-16(25)23(20)30-2)22-24(21(28)14-6-3-4-9-19(14)32-22)31-12-15-17(26)7-5-8-18(15)27/h3-11H,12H2,1-2H3. The number of hydrogen-bond donors (Lipinski definition) is 0. The second kappa shape index (κ2) is 9.22. The summed E-state index contributed by atoms with van der Waals surface area (Å²) in [6.45, 7) is -0.254. The van der Waals surface area contributed by atoms with Crippen LogP contribution in [0.2, 0.25) is 5.02 Å². The van der Waals surface area contributed by atoms with Crippen molar-refractivity contribution in [2.24, 2.45) is 0 Å². The van der Waals surface area contributed by atoms with Crippen molar-refractivity contribution >= 4 is 38.5 Å². The number of halogens is 3. The second-order valence-corrected chi connectivity index (χ2v) is 8.03. The van der Waals surface area contributed by atoms with Crippen molar-refractivity contribution in [3.8, 4) is 28.6 Å². The van der Waals surface area contributed by atoms with Crippen LogP contribution >= 0.6 is 27.5 Å². The Bertz CT molecular complexity index is 1350. The molecule has 1 heterocycles. The summed E-state index contributed by atoms with van der Waals surface area (Å²) in [6.07, 6.45) is 0. The zero-order valence-electron chi connectivity index (χ0n) is 17.1. The normalized spacial score (nSPS) is 10.9. The van der Waals surface area contributed by atoms with Crippen LogP contribution in [-0.4, -0.2) is 14.2 Å². The van der Waals surface area contributed by atoms with Gasteiger partial charge in [-0.25, -0.2) is 4.39 Å². The lowest BCUT2D eigenvalue weighted by Crippen LogP contribution is -2.11. The molecule has 0 saturated heterocycles. The molecule has 0 bridgehead atoms. The summed E-state index contributed by atoms with van der Waals surface area (Å²) in [5.41, 5.74) is 0.642. The maximum Gasteiger partial charge on any atom is 0.235 e. The van der Waals surface area contributed by atoms with Gasteiger partial charge in [-0.2, -0.15) is 0 Å². The zero-order chi connectivity index (χ0) is 22.8. The van der Waals surface area contributed by atoms with Crippen molar-refractivity contribution in [1.82, 2.24) is 0 Å². The summed E-state index contributed by atoms with van der Waals surface area (Å²) in [4.78, 5) is 13.3. The summed E-state index contributed by atoms with van der Waals surface area (Å²) in [6, 6.07) is 14.5. The van der Waals surface area contributed by atoms with Crippen LogP contribution in [0, 0.1) is 5.82 Å². The molecule has 8 heteroatoms. The van der Waals surface area contributed by atoms with Crippen LogP contribution < -0.4 is 19.6 Å². The number of benzene rings is 3. The number of fused-ring (bicyclic) bond motifs is 1. The molecule has 164 valence electrons. The minimum atomic E-state index is -0.530. The van der Waals surface area contributed by atoms with Crippen molar-refractivity contribution in [2.75, 3.05) is 14.2 Å². The number of ether oxygens (including phenoxy) is 3. The van der Waals surface area contributed by atoms with E-state index in [-0.39, 0.29) is 34.1 Å². The fraction of sp³-hybridized carbons (Fsp3) is 0.125. The Labute approximate surface area is 196 Å². The molecule has 3 aromatic carbocycles. The van der Waals surface area contributed by atoms with Gasteiger partial charge in [0, 0.05) is 11.1 Å². The lowest BCUT2D eigenvalue weighted by atomic mass is 10.1. The molecular weight excluding hydrogens is 503 g/mol. The molecule has 4 aromatic rings. The maximum absolute atomic E-state index is 14.3. The van der Waals surface area contributed by atoms with E-state index in [1.807, 2.05) is 0 Å². The van der Waals surface area contributed by atoms with Crippen LogP contribution in [-0.2, 0) is 6.61 Å². The third kappa shape index (κ3) is 4.06. The Kier molecular flexibility index (Phi) is 6.39. The molecule has 0 fully saturated rings. The van der Waals surface area contributed by atoms with Gasteiger partial charge in [0.25, 0.3) is 0 Å². The van der Waals surface area contributed by atoms with Crippen LogP contribution in [0.1, 0.15) is 5.56 Å². The van der Waals surface area contributed by atoms with Crippen molar-refractivity contribution in [2.45, 2.75) is 6.61 Å². The molecule has 0 aliphatic heterocycles. The van der Waals surface area contributed by atoms with Crippen LogP contribution in [0.3, 0.4) is 0 Å². The van der Waals surface area contributed by atoms with E-state index in [0.29, 0.717) is 32.5 Å². The highest BCUT2D eigenvalue weighted by atomic mass is 79.9. The lowest BCUT2D eigenvalue weighted by Gasteiger charge is -2.15. The van der Waals surface area contributed by atoms with E-state index in [1.54, 1.807) is 42.5 Å². The number of methoxy groups -OCH3 is 2. The van der Waals surface area contributed by atoms with Gasteiger partial charge in [-0.1, -0.05) is 29.8 Å². The highest BCUT2D eigenvalue weighted by Crippen LogP contribution is 2.42. The first kappa shape index (κ1) is 22.2. The first-order valence-corrected chi connectivity index (χ1v) is 10.6. The summed E-state index contributed by atoms with van der Waals surface area (Å²) in [5.74, 6) is 0.485. The van der Waals surface area contributed by atoms with Crippen LogP contribution in [0.4, 0.5) is 4.39 Å². The molecular formula is C24H17BrClFO5. The van der Waals surface area contributed by atoms with Gasteiger partial charge in [0.05, 0.1) is 29.1 Å². The largest absolute Gasteiger partial charge is 0.493 e. The van der Waals surface area contributed by atoms with E-state index in [4.69, 9.17) is 30.2 Å². The highest BCUT2D eigenvalue weighted by molar-refractivity contribution is 9.10. The third-order valence-electron chi connectivity index (χ3n) is 4.87. The molecule has 0 amide bonds. The minimum absolute atomic E-state index is 0.0675. The number of rotatable bonds is 6. The fourth-order valence-corrected chi connectivity index (χ4v) is 4.13. The Hall–Kier alpha value is -3.03. The maximum atomic E-state index is 14.3. The smallest absolute Gasteiger partial charge is 0.235 e. The molecule has 0 aliphatic rings. The molecule has 32 heavy (non-hydrogen) atoms. The third-order valence-corrected chi connectivity index (χ3v) is 5.82. The Morgan fingerprint density at radius 3 is 2.53 bits per heavy atom. The summed E-state index contributed by atoms with van der Waals surface area (Å²) >= 11 is 9.57. The number of para-hydroxylation sites is 1. The summed E-state index contributed by atoms with van der Waals surface area (Å²) < 4.78 is 37.5. The zero-order valence-corrected chi connectivity index (χ0v) is 19.4. The topological polar surface area (TPSA) is 57.9 Å². The van der Waals surface area contributed by atoms with E-state index in [2.05, 4.69) is 15.9 Å². The summed E-state index contributed by atoms with van der Waals surface area (Å²) in [5, 5.41) is 0.538. The monoisotopic (exact) mass is 518 g/mol. The Morgan fingerprint density at radius 1 is 1.03 bits per heavy atom.